The largest absolute Gasteiger partial charge is 0.478 e. The standard InChI is InChI=1S/C30H31N7O3/c1-3-40-30-31-26-8-4-7-24(29(38)39)27(26)37(30)18-20-9-11-21(12-10-20)25-16-22(36-15-5-6-19(2)17-36)13-14-23(25)28-32-34-35-33-28/h4,7-14,16,19H,3,5-6,15,17-18H2,1-2H3,(H,38,39)(H,32,33,34,35)/t19-/m0/s1. The second kappa shape index (κ2) is 10.8. The van der Waals surface area contributed by atoms with Crippen LogP contribution in [0.1, 0.15) is 42.6 Å². The van der Waals surface area contributed by atoms with Crippen molar-refractivity contribution < 1.29 is 14.6 Å². The molecule has 3 aromatic carbocycles. The molecule has 1 aliphatic heterocycles. The molecule has 1 atom stereocenters. The number of aromatic nitrogens is 6. The van der Waals surface area contributed by atoms with Crippen LogP contribution in [0, 0.1) is 5.92 Å². The highest BCUT2D eigenvalue weighted by Gasteiger charge is 2.21. The number of benzene rings is 3. The second-order valence-corrected chi connectivity index (χ2v) is 10.2. The smallest absolute Gasteiger partial charge is 0.337 e. The molecule has 204 valence electrons. The van der Waals surface area contributed by atoms with Crippen LogP contribution in [0.25, 0.3) is 33.5 Å². The molecule has 0 aliphatic carbocycles. The number of anilines is 1. The zero-order valence-electron chi connectivity index (χ0n) is 22.5. The highest BCUT2D eigenvalue weighted by atomic mass is 16.5. The predicted molar refractivity (Wildman–Crippen MR) is 153 cm³/mol. The van der Waals surface area contributed by atoms with Crippen LogP contribution in [0.5, 0.6) is 6.01 Å². The van der Waals surface area contributed by atoms with E-state index in [1.807, 2.05) is 11.5 Å². The Morgan fingerprint density at radius 2 is 1.98 bits per heavy atom. The number of nitrogens with zero attached hydrogens (tertiary/aromatic N) is 6. The molecule has 0 bridgehead atoms. The highest BCUT2D eigenvalue weighted by molar-refractivity contribution is 6.01. The molecule has 2 aromatic heterocycles. The molecule has 0 unspecified atom stereocenters. The van der Waals surface area contributed by atoms with Crippen molar-refractivity contribution in [1.29, 1.82) is 0 Å². The summed E-state index contributed by atoms with van der Waals surface area (Å²) < 4.78 is 7.62. The summed E-state index contributed by atoms with van der Waals surface area (Å²) in [5.41, 5.74) is 6.47. The molecular formula is C30H31N7O3. The first-order valence-electron chi connectivity index (χ1n) is 13.6. The van der Waals surface area contributed by atoms with Gasteiger partial charge in [0.15, 0.2) is 0 Å². The van der Waals surface area contributed by atoms with E-state index in [-0.39, 0.29) is 5.56 Å². The summed E-state index contributed by atoms with van der Waals surface area (Å²) in [5, 5.41) is 24.6. The number of aromatic amines is 1. The quantitative estimate of drug-likeness (QED) is 0.275. The zero-order chi connectivity index (χ0) is 27.6. The van der Waals surface area contributed by atoms with Gasteiger partial charge in [-0.15, -0.1) is 10.2 Å². The van der Waals surface area contributed by atoms with Gasteiger partial charge in [0, 0.05) is 24.3 Å². The van der Waals surface area contributed by atoms with Gasteiger partial charge in [0.1, 0.15) is 0 Å². The van der Waals surface area contributed by atoms with E-state index in [1.54, 1.807) is 18.2 Å². The molecule has 1 saturated heterocycles. The molecule has 2 N–H and O–H groups in total. The maximum Gasteiger partial charge on any atom is 0.337 e. The first-order chi connectivity index (χ1) is 19.5. The summed E-state index contributed by atoms with van der Waals surface area (Å²) in [6.07, 6.45) is 2.45. The number of ether oxygens (including phenoxy) is 1. The predicted octanol–water partition coefficient (Wildman–Crippen LogP) is 5.26. The lowest BCUT2D eigenvalue weighted by molar-refractivity contribution is 0.0698. The van der Waals surface area contributed by atoms with Gasteiger partial charge in [0.25, 0.3) is 6.01 Å². The lowest BCUT2D eigenvalue weighted by Crippen LogP contribution is -2.34. The monoisotopic (exact) mass is 537 g/mol. The van der Waals surface area contributed by atoms with Crippen molar-refractivity contribution in [2.45, 2.75) is 33.2 Å². The molecule has 40 heavy (non-hydrogen) atoms. The SMILES string of the molecule is CCOc1nc2cccc(C(=O)O)c2n1Cc1ccc(-c2cc(N3CCC[C@H](C)C3)ccc2-c2nn[nH]n2)cc1. The fraction of sp³-hybridized carbons (Fsp3) is 0.300. The molecule has 0 saturated carbocycles. The minimum Gasteiger partial charge on any atom is -0.478 e. The number of nitrogens with one attached hydrogen (secondary N) is 1. The molecule has 5 aromatic rings. The Kier molecular flexibility index (Phi) is 6.90. The lowest BCUT2D eigenvalue weighted by atomic mass is 9.95. The fourth-order valence-electron chi connectivity index (χ4n) is 5.56. The van der Waals surface area contributed by atoms with Crippen LogP contribution in [0.4, 0.5) is 5.69 Å². The summed E-state index contributed by atoms with van der Waals surface area (Å²) in [7, 11) is 0. The van der Waals surface area contributed by atoms with Crippen molar-refractivity contribution in [3.05, 3.63) is 71.8 Å². The Labute approximate surface area is 231 Å². The van der Waals surface area contributed by atoms with Crippen LogP contribution < -0.4 is 9.64 Å². The Hall–Kier alpha value is -4.73. The molecule has 0 radical (unpaired) electrons. The molecule has 6 rings (SSSR count). The van der Waals surface area contributed by atoms with Crippen molar-refractivity contribution in [2.24, 2.45) is 5.92 Å². The molecule has 1 aliphatic rings. The zero-order valence-corrected chi connectivity index (χ0v) is 22.5. The Morgan fingerprint density at radius 3 is 2.70 bits per heavy atom. The number of hydrogen-bond donors (Lipinski definition) is 2. The average Bonchev–Trinajstić information content (AvgIpc) is 3.62. The number of fused-ring (bicyclic) bond motifs is 1. The summed E-state index contributed by atoms with van der Waals surface area (Å²) in [5.74, 6) is 0.211. The summed E-state index contributed by atoms with van der Waals surface area (Å²) in [6, 6.07) is 20.2. The number of para-hydroxylation sites is 1. The van der Waals surface area contributed by atoms with Gasteiger partial charge in [-0.25, -0.2) is 4.79 Å². The highest BCUT2D eigenvalue weighted by Crippen LogP contribution is 2.35. The summed E-state index contributed by atoms with van der Waals surface area (Å²) >= 11 is 0. The Bertz CT molecular complexity index is 1640. The molecule has 1 fully saturated rings. The number of piperidine rings is 1. The van der Waals surface area contributed by atoms with E-state index in [4.69, 9.17) is 4.74 Å². The van der Waals surface area contributed by atoms with E-state index in [1.165, 1.54) is 18.5 Å². The Morgan fingerprint density at radius 1 is 1.12 bits per heavy atom. The topological polar surface area (TPSA) is 122 Å². The third kappa shape index (κ3) is 4.88. The molecule has 3 heterocycles. The number of tetrazole rings is 1. The van der Waals surface area contributed by atoms with Crippen molar-refractivity contribution in [3.63, 3.8) is 0 Å². The lowest BCUT2D eigenvalue weighted by Gasteiger charge is -2.33. The number of carboxylic acid groups (broad SMARTS) is 1. The van der Waals surface area contributed by atoms with Crippen molar-refractivity contribution in [2.75, 3.05) is 24.6 Å². The van der Waals surface area contributed by atoms with Gasteiger partial charge >= 0.3 is 5.97 Å². The second-order valence-electron chi connectivity index (χ2n) is 10.2. The molecular weight excluding hydrogens is 506 g/mol. The maximum atomic E-state index is 12.0. The molecule has 0 amide bonds. The molecule has 10 nitrogen and oxygen atoms in total. The van der Waals surface area contributed by atoms with Crippen molar-refractivity contribution in [3.8, 4) is 28.5 Å². The minimum atomic E-state index is -0.998. The summed E-state index contributed by atoms with van der Waals surface area (Å²) in [4.78, 5) is 19.0. The number of carboxylic acids is 1. The van der Waals surface area contributed by atoms with Gasteiger partial charge in [-0.05, 0) is 77.9 Å². The average molecular weight is 538 g/mol. The van der Waals surface area contributed by atoms with E-state index in [0.717, 1.165) is 35.3 Å². The first kappa shape index (κ1) is 25.5. The van der Waals surface area contributed by atoms with E-state index in [0.29, 0.717) is 41.9 Å². The fourth-order valence-corrected chi connectivity index (χ4v) is 5.56. The van der Waals surface area contributed by atoms with Crippen LogP contribution in [0.15, 0.2) is 60.7 Å². The number of aromatic carboxylic acids is 1. The molecule has 0 spiro atoms. The normalized spacial score (nSPS) is 15.4. The van der Waals surface area contributed by atoms with Crippen molar-refractivity contribution >= 4 is 22.7 Å². The number of H-pyrrole nitrogens is 1. The number of rotatable bonds is 8. The third-order valence-electron chi connectivity index (χ3n) is 7.45. The third-order valence-corrected chi connectivity index (χ3v) is 7.45. The van der Waals surface area contributed by atoms with Gasteiger partial charge < -0.3 is 14.7 Å². The van der Waals surface area contributed by atoms with E-state index < -0.39 is 5.97 Å². The van der Waals surface area contributed by atoms with Gasteiger partial charge in [0.05, 0.1) is 29.7 Å². The van der Waals surface area contributed by atoms with Crippen molar-refractivity contribution in [1.82, 2.24) is 30.2 Å². The van der Waals surface area contributed by atoms with Gasteiger partial charge in [-0.3, -0.25) is 4.57 Å². The van der Waals surface area contributed by atoms with Crippen LogP contribution in [0.2, 0.25) is 0 Å². The number of carbonyl (C=O) groups is 1. The van der Waals surface area contributed by atoms with Gasteiger partial charge in [-0.1, -0.05) is 37.3 Å². The Balaban J connectivity index is 1.37. The number of hydrogen-bond acceptors (Lipinski definition) is 7. The number of imidazole rings is 1. The van der Waals surface area contributed by atoms with E-state index >= 15 is 0 Å². The van der Waals surface area contributed by atoms with Crippen LogP contribution in [-0.2, 0) is 6.54 Å². The van der Waals surface area contributed by atoms with Gasteiger partial charge in [-0.2, -0.15) is 10.2 Å². The van der Waals surface area contributed by atoms with Crippen LogP contribution >= 0.6 is 0 Å². The minimum absolute atomic E-state index is 0.196. The maximum absolute atomic E-state index is 12.0. The molecule has 10 heteroatoms. The first-order valence-corrected chi connectivity index (χ1v) is 13.6. The summed E-state index contributed by atoms with van der Waals surface area (Å²) in [6.45, 7) is 7.12. The van der Waals surface area contributed by atoms with Crippen LogP contribution in [0.3, 0.4) is 0 Å². The van der Waals surface area contributed by atoms with E-state index in [9.17, 15) is 9.90 Å². The van der Waals surface area contributed by atoms with Gasteiger partial charge in [0.2, 0.25) is 5.82 Å². The van der Waals surface area contributed by atoms with Crippen LogP contribution in [-0.4, -0.2) is 60.9 Å². The van der Waals surface area contributed by atoms with E-state index in [2.05, 4.69) is 79.9 Å².